The van der Waals surface area contributed by atoms with Gasteiger partial charge in [0.25, 0.3) is 5.69 Å². The van der Waals surface area contributed by atoms with Crippen LogP contribution in [-0.4, -0.2) is 26.2 Å². The van der Waals surface area contributed by atoms with Crippen molar-refractivity contribution in [1.29, 1.82) is 0 Å². The minimum absolute atomic E-state index is 0.0977. The number of nitro groups is 1. The Morgan fingerprint density at radius 3 is 2.95 bits per heavy atom. The third-order valence-electron chi connectivity index (χ3n) is 3.60. The molecule has 7 nitrogen and oxygen atoms in total. The summed E-state index contributed by atoms with van der Waals surface area (Å²) in [5.41, 5.74) is 8.04. The summed E-state index contributed by atoms with van der Waals surface area (Å²) in [5.74, 6) is 0. The summed E-state index contributed by atoms with van der Waals surface area (Å²) >= 11 is 1.37. The molecular weight excluding hydrogens is 302 g/mol. The van der Waals surface area contributed by atoms with Crippen molar-refractivity contribution in [2.75, 3.05) is 6.54 Å². The van der Waals surface area contributed by atoms with Gasteiger partial charge in [0.2, 0.25) is 0 Å². The molecule has 0 bridgehead atoms. The molecule has 0 amide bonds. The van der Waals surface area contributed by atoms with Crippen LogP contribution >= 0.6 is 11.8 Å². The molecule has 1 aliphatic heterocycles. The highest BCUT2D eigenvalue weighted by molar-refractivity contribution is 8.00. The lowest BCUT2D eigenvalue weighted by molar-refractivity contribution is -0.387. The van der Waals surface area contributed by atoms with Gasteiger partial charge in [-0.05, 0) is 18.2 Å². The van der Waals surface area contributed by atoms with E-state index in [2.05, 4.69) is 10.1 Å². The summed E-state index contributed by atoms with van der Waals surface area (Å²) in [4.78, 5) is 16.9. The van der Waals surface area contributed by atoms with Gasteiger partial charge >= 0.3 is 0 Å². The van der Waals surface area contributed by atoms with Crippen LogP contribution in [0.4, 0.5) is 5.69 Å². The van der Waals surface area contributed by atoms with Crippen LogP contribution in [0.15, 0.2) is 40.3 Å². The lowest BCUT2D eigenvalue weighted by atomic mass is 10.1. The summed E-state index contributed by atoms with van der Waals surface area (Å²) in [7, 11) is 0. The molecule has 1 aromatic carbocycles. The number of nitro benzene ring substituents is 1. The van der Waals surface area contributed by atoms with E-state index >= 15 is 0 Å². The molecule has 0 saturated carbocycles. The van der Waals surface area contributed by atoms with Gasteiger partial charge in [-0.25, -0.2) is 0 Å². The Morgan fingerprint density at radius 1 is 1.32 bits per heavy atom. The summed E-state index contributed by atoms with van der Waals surface area (Å²) in [6.07, 6.45) is 1.70. The van der Waals surface area contributed by atoms with Gasteiger partial charge in [0, 0.05) is 23.7 Å². The molecule has 1 aliphatic rings. The van der Waals surface area contributed by atoms with Gasteiger partial charge in [-0.2, -0.15) is 5.10 Å². The lowest BCUT2D eigenvalue weighted by Gasteiger charge is -2.13. The Balaban J connectivity index is 2.12. The standard InChI is InChI=1S/C14H11N5O2S/c15-5-7-18-8-3-4-9(19(20)21)14-11(8)13(17-18)12-10(22-14)2-1-6-16-12/h1-4,6H,5,7,15H2. The Labute approximate surface area is 129 Å². The first-order valence-electron chi connectivity index (χ1n) is 6.72. The molecule has 0 spiro atoms. The van der Waals surface area contributed by atoms with Gasteiger partial charge in [0.15, 0.2) is 0 Å². The number of fused-ring (bicyclic) bond motifs is 2. The molecular formula is C14H11N5O2S. The number of pyridine rings is 1. The number of rotatable bonds is 3. The Bertz CT molecular complexity index is 921. The highest BCUT2D eigenvalue weighted by Gasteiger charge is 2.30. The van der Waals surface area contributed by atoms with E-state index in [9.17, 15) is 10.1 Å². The maximum absolute atomic E-state index is 11.3. The predicted molar refractivity (Wildman–Crippen MR) is 82.8 cm³/mol. The van der Waals surface area contributed by atoms with Crippen molar-refractivity contribution in [2.45, 2.75) is 16.3 Å². The monoisotopic (exact) mass is 313 g/mol. The van der Waals surface area contributed by atoms with E-state index in [1.807, 2.05) is 12.1 Å². The van der Waals surface area contributed by atoms with Crippen molar-refractivity contribution in [1.82, 2.24) is 14.8 Å². The van der Waals surface area contributed by atoms with Crippen molar-refractivity contribution in [2.24, 2.45) is 5.73 Å². The molecule has 3 aromatic rings. The van der Waals surface area contributed by atoms with E-state index in [-0.39, 0.29) is 10.6 Å². The predicted octanol–water partition coefficient (Wildman–Crippen LogP) is 2.43. The normalized spacial score (nSPS) is 12.4. The van der Waals surface area contributed by atoms with Crippen LogP contribution in [0, 0.1) is 10.1 Å². The van der Waals surface area contributed by atoms with Crippen LogP contribution < -0.4 is 5.73 Å². The molecule has 4 rings (SSSR count). The number of hydrogen-bond acceptors (Lipinski definition) is 6. The summed E-state index contributed by atoms with van der Waals surface area (Å²) in [5, 5.41) is 16.7. The SMILES string of the molecule is NCCn1nc2c3c(c([N+](=O)[O-])ccc31)Sc1cccnc1-2. The van der Waals surface area contributed by atoms with Crippen molar-refractivity contribution in [3.63, 3.8) is 0 Å². The van der Waals surface area contributed by atoms with Gasteiger partial charge in [0.05, 0.1) is 22.4 Å². The van der Waals surface area contributed by atoms with E-state index in [1.165, 1.54) is 17.8 Å². The molecule has 8 heteroatoms. The fraction of sp³-hybridized carbons (Fsp3) is 0.143. The zero-order valence-electron chi connectivity index (χ0n) is 11.4. The van der Waals surface area contributed by atoms with E-state index in [0.29, 0.717) is 23.7 Å². The van der Waals surface area contributed by atoms with Crippen LogP contribution in [0.1, 0.15) is 0 Å². The van der Waals surface area contributed by atoms with Crippen LogP contribution in [0.5, 0.6) is 0 Å². The number of nitrogens with two attached hydrogens (primary N) is 1. The highest BCUT2D eigenvalue weighted by Crippen LogP contribution is 2.49. The smallest absolute Gasteiger partial charge is 0.284 e. The molecule has 0 aliphatic carbocycles. The summed E-state index contributed by atoms with van der Waals surface area (Å²) < 4.78 is 1.79. The van der Waals surface area contributed by atoms with Crippen LogP contribution in [-0.2, 0) is 6.54 Å². The molecule has 0 atom stereocenters. The molecule has 2 N–H and O–H groups in total. The quantitative estimate of drug-likeness (QED) is 0.460. The average Bonchev–Trinajstić information content (AvgIpc) is 2.88. The molecule has 2 aromatic heterocycles. The third kappa shape index (κ3) is 1.74. The Kier molecular flexibility index (Phi) is 2.88. The maximum Gasteiger partial charge on any atom is 0.284 e. The molecule has 0 fully saturated rings. The molecule has 22 heavy (non-hydrogen) atoms. The Morgan fingerprint density at radius 2 is 2.18 bits per heavy atom. The molecule has 3 heterocycles. The second-order valence-electron chi connectivity index (χ2n) is 4.88. The van der Waals surface area contributed by atoms with Crippen molar-refractivity contribution in [3.05, 3.63) is 40.6 Å². The van der Waals surface area contributed by atoms with E-state index in [4.69, 9.17) is 5.73 Å². The number of aromatic nitrogens is 3. The fourth-order valence-electron chi connectivity index (χ4n) is 2.70. The van der Waals surface area contributed by atoms with Gasteiger partial charge < -0.3 is 5.73 Å². The second-order valence-corrected chi connectivity index (χ2v) is 5.93. The first-order chi connectivity index (χ1) is 10.7. The average molecular weight is 313 g/mol. The van der Waals surface area contributed by atoms with E-state index < -0.39 is 0 Å². The molecule has 0 radical (unpaired) electrons. The Hall–Kier alpha value is -2.45. The summed E-state index contributed by atoms with van der Waals surface area (Å²) in [6, 6.07) is 6.99. The lowest BCUT2D eigenvalue weighted by Crippen LogP contribution is -2.10. The van der Waals surface area contributed by atoms with Crippen molar-refractivity contribution >= 4 is 28.4 Å². The molecule has 0 saturated heterocycles. The highest BCUT2D eigenvalue weighted by atomic mass is 32.2. The second kappa shape index (κ2) is 4.79. The number of hydrogen-bond donors (Lipinski definition) is 1. The zero-order chi connectivity index (χ0) is 15.3. The first kappa shape index (κ1) is 13.2. The minimum Gasteiger partial charge on any atom is -0.329 e. The van der Waals surface area contributed by atoms with Crippen molar-refractivity contribution < 1.29 is 4.92 Å². The van der Waals surface area contributed by atoms with Crippen molar-refractivity contribution in [3.8, 4) is 11.4 Å². The van der Waals surface area contributed by atoms with Gasteiger partial charge in [0.1, 0.15) is 16.3 Å². The van der Waals surface area contributed by atoms with Crippen LogP contribution in [0.2, 0.25) is 0 Å². The van der Waals surface area contributed by atoms with Crippen LogP contribution in [0.3, 0.4) is 0 Å². The van der Waals surface area contributed by atoms with Gasteiger partial charge in [-0.3, -0.25) is 19.8 Å². The topological polar surface area (TPSA) is 99.9 Å². The molecule has 0 unspecified atom stereocenters. The van der Waals surface area contributed by atoms with E-state index in [0.717, 1.165) is 21.5 Å². The third-order valence-corrected chi connectivity index (χ3v) is 4.76. The fourth-order valence-corrected chi connectivity index (χ4v) is 3.86. The summed E-state index contributed by atoms with van der Waals surface area (Å²) in [6.45, 7) is 1.01. The molecule has 110 valence electrons. The van der Waals surface area contributed by atoms with Gasteiger partial charge in [-0.15, -0.1) is 0 Å². The first-order valence-corrected chi connectivity index (χ1v) is 7.53. The number of nitrogens with zero attached hydrogens (tertiary/aromatic N) is 4. The van der Waals surface area contributed by atoms with Gasteiger partial charge in [-0.1, -0.05) is 11.8 Å². The number of benzene rings is 1. The largest absolute Gasteiger partial charge is 0.329 e. The minimum atomic E-state index is -0.354. The zero-order valence-corrected chi connectivity index (χ0v) is 12.2. The maximum atomic E-state index is 11.3. The van der Waals surface area contributed by atoms with E-state index in [1.54, 1.807) is 16.9 Å². The van der Waals surface area contributed by atoms with Crippen LogP contribution in [0.25, 0.3) is 22.3 Å².